The summed E-state index contributed by atoms with van der Waals surface area (Å²) in [4.78, 5) is 22.4. The molecule has 2 N–H and O–H groups in total. The Morgan fingerprint density at radius 3 is 2.56 bits per heavy atom. The molecule has 132 valence electrons. The van der Waals surface area contributed by atoms with Crippen molar-refractivity contribution in [2.24, 2.45) is 4.99 Å². The molecule has 0 spiro atoms. The minimum absolute atomic E-state index is 0.0940. The number of nitrogens with one attached hydrogen (secondary N) is 2. The fraction of sp³-hybridized carbons (Fsp3) is 0.316. The number of carbonyl (C=O) groups is 1. The van der Waals surface area contributed by atoms with Crippen LogP contribution < -0.4 is 10.6 Å². The van der Waals surface area contributed by atoms with Crippen LogP contribution in [0.1, 0.15) is 17.7 Å². The van der Waals surface area contributed by atoms with Crippen LogP contribution in [-0.2, 0) is 17.9 Å². The number of nitrogens with zero attached hydrogens (tertiary/aromatic N) is 3. The number of carbonyl (C=O) groups excluding carboxylic acids is 1. The second-order valence-corrected chi connectivity index (χ2v) is 5.66. The van der Waals surface area contributed by atoms with Gasteiger partial charge in [-0.05, 0) is 17.7 Å². The monoisotopic (exact) mass is 339 g/mol. The molecule has 1 aromatic carbocycles. The normalized spacial score (nSPS) is 11.0. The van der Waals surface area contributed by atoms with Crippen LogP contribution in [0.2, 0.25) is 0 Å². The van der Waals surface area contributed by atoms with Gasteiger partial charge in [0.2, 0.25) is 5.91 Å². The number of pyridine rings is 1. The molecule has 25 heavy (non-hydrogen) atoms. The van der Waals surface area contributed by atoms with Crippen molar-refractivity contribution in [2.75, 3.05) is 20.6 Å². The summed E-state index contributed by atoms with van der Waals surface area (Å²) in [6.07, 6.45) is 2.17. The SMILES string of the molecule is CN=C(NCCC(=O)N(C)Cc1ccccc1)NCc1ccccn1. The zero-order valence-electron chi connectivity index (χ0n) is 14.8. The predicted octanol–water partition coefficient (Wildman–Crippen LogP) is 1.80. The number of guanidine groups is 1. The van der Waals surface area contributed by atoms with E-state index in [4.69, 9.17) is 0 Å². The molecule has 2 rings (SSSR count). The minimum Gasteiger partial charge on any atom is -0.356 e. The molecule has 6 heteroatoms. The molecule has 0 saturated carbocycles. The van der Waals surface area contributed by atoms with Crippen molar-refractivity contribution in [3.63, 3.8) is 0 Å². The van der Waals surface area contributed by atoms with E-state index in [-0.39, 0.29) is 5.91 Å². The zero-order chi connectivity index (χ0) is 17.9. The lowest BCUT2D eigenvalue weighted by Crippen LogP contribution is -2.39. The first-order chi connectivity index (χ1) is 12.2. The molecule has 0 aliphatic carbocycles. The van der Waals surface area contributed by atoms with Crippen LogP contribution in [0, 0.1) is 0 Å². The number of hydrogen-bond acceptors (Lipinski definition) is 3. The summed E-state index contributed by atoms with van der Waals surface area (Å²) in [6, 6.07) is 15.7. The van der Waals surface area contributed by atoms with Crippen LogP contribution in [-0.4, -0.2) is 42.4 Å². The van der Waals surface area contributed by atoms with Crippen LogP contribution in [0.3, 0.4) is 0 Å². The third-order valence-corrected chi connectivity index (χ3v) is 3.71. The van der Waals surface area contributed by atoms with E-state index in [9.17, 15) is 4.79 Å². The lowest BCUT2D eigenvalue weighted by Gasteiger charge is -2.18. The largest absolute Gasteiger partial charge is 0.356 e. The van der Waals surface area contributed by atoms with Crippen LogP contribution in [0.25, 0.3) is 0 Å². The van der Waals surface area contributed by atoms with E-state index in [1.807, 2.05) is 55.6 Å². The highest BCUT2D eigenvalue weighted by molar-refractivity contribution is 5.81. The third-order valence-electron chi connectivity index (χ3n) is 3.71. The van der Waals surface area contributed by atoms with Crippen molar-refractivity contribution in [1.82, 2.24) is 20.5 Å². The molecule has 0 atom stereocenters. The Balaban J connectivity index is 1.70. The molecule has 0 bridgehead atoms. The molecule has 0 saturated heterocycles. The summed E-state index contributed by atoms with van der Waals surface area (Å²) in [5.74, 6) is 0.751. The number of aliphatic imine (C=N–C) groups is 1. The lowest BCUT2D eigenvalue weighted by atomic mass is 10.2. The van der Waals surface area contributed by atoms with E-state index in [1.54, 1.807) is 18.1 Å². The standard InChI is InChI=1S/C19H25N5O/c1-20-19(23-14-17-10-6-7-12-21-17)22-13-11-18(25)24(2)15-16-8-4-3-5-9-16/h3-10,12H,11,13-15H2,1-2H3,(H2,20,22,23). The Morgan fingerprint density at radius 2 is 1.88 bits per heavy atom. The number of benzene rings is 1. The van der Waals surface area contributed by atoms with Gasteiger partial charge in [-0.15, -0.1) is 0 Å². The van der Waals surface area contributed by atoms with Crippen molar-refractivity contribution in [3.05, 3.63) is 66.0 Å². The van der Waals surface area contributed by atoms with E-state index in [0.29, 0.717) is 32.0 Å². The quantitative estimate of drug-likeness (QED) is 0.596. The number of aromatic nitrogens is 1. The number of amides is 1. The van der Waals surface area contributed by atoms with Gasteiger partial charge in [0.15, 0.2) is 5.96 Å². The second kappa shape index (κ2) is 10.1. The molecule has 1 aromatic heterocycles. The zero-order valence-corrected chi connectivity index (χ0v) is 14.8. The van der Waals surface area contributed by atoms with Crippen LogP contribution >= 0.6 is 0 Å². The van der Waals surface area contributed by atoms with Gasteiger partial charge < -0.3 is 15.5 Å². The maximum Gasteiger partial charge on any atom is 0.224 e. The van der Waals surface area contributed by atoms with E-state index in [0.717, 1.165) is 11.3 Å². The van der Waals surface area contributed by atoms with Crippen molar-refractivity contribution in [1.29, 1.82) is 0 Å². The summed E-state index contributed by atoms with van der Waals surface area (Å²) < 4.78 is 0. The fourth-order valence-electron chi connectivity index (χ4n) is 2.32. The summed E-state index contributed by atoms with van der Waals surface area (Å²) in [6.45, 7) is 1.73. The summed E-state index contributed by atoms with van der Waals surface area (Å²) >= 11 is 0. The van der Waals surface area contributed by atoms with Gasteiger partial charge in [0.05, 0.1) is 12.2 Å². The van der Waals surface area contributed by atoms with Gasteiger partial charge in [-0.1, -0.05) is 36.4 Å². The van der Waals surface area contributed by atoms with Gasteiger partial charge in [0.1, 0.15) is 0 Å². The van der Waals surface area contributed by atoms with Crippen molar-refractivity contribution in [2.45, 2.75) is 19.5 Å². The Bertz CT molecular complexity index is 673. The highest BCUT2D eigenvalue weighted by atomic mass is 16.2. The molecule has 2 aromatic rings. The van der Waals surface area contributed by atoms with Gasteiger partial charge in [-0.3, -0.25) is 14.8 Å². The number of hydrogen-bond donors (Lipinski definition) is 2. The van der Waals surface area contributed by atoms with Crippen LogP contribution in [0.15, 0.2) is 59.7 Å². The molecule has 0 unspecified atom stereocenters. The average molecular weight is 339 g/mol. The van der Waals surface area contributed by atoms with Gasteiger partial charge in [-0.25, -0.2) is 0 Å². The Labute approximate surface area is 149 Å². The van der Waals surface area contributed by atoms with Crippen molar-refractivity contribution < 1.29 is 4.79 Å². The Morgan fingerprint density at radius 1 is 1.12 bits per heavy atom. The summed E-state index contributed by atoms with van der Waals surface area (Å²) in [5, 5.41) is 6.33. The first-order valence-corrected chi connectivity index (χ1v) is 8.31. The molecule has 0 aliphatic heterocycles. The molecule has 0 fully saturated rings. The Kier molecular flexibility index (Phi) is 7.43. The van der Waals surface area contributed by atoms with Crippen LogP contribution in [0.5, 0.6) is 0 Å². The summed E-state index contributed by atoms with van der Waals surface area (Å²) in [5.41, 5.74) is 2.06. The molecule has 0 aliphatic rings. The minimum atomic E-state index is 0.0940. The molecule has 6 nitrogen and oxygen atoms in total. The van der Waals surface area contributed by atoms with E-state index < -0.39 is 0 Å². The van der Waals surface area contributed by atoms with Gasteiger partial charge in [-0.2, -0.15) is 0 Å². The fourth-order valence-corrected chi connectivity index (χ4v) is 2.32. The van der Waals surface area contributed by atoms with E-state index in [2.05, 4.69) is 20.6 Å². The molecule has 1 heterocycles. The predicted molar refractivity (Wildman–Crippen MR) is 100.0 cm³/mol. The van der Waals surface area contributed by atoms with Crippen LogP contribution in [0.4, 0.5) is 0 Å². The van der Waals surface area contributed by atoms with E-state index in [1.165, 1.54) is 0 Å². The first-order valence-electron chi connectivity index (χ1n) is 8.31. The molecule has 0 radical (unpaired) electrons. The topological polar surface area (TPSA) is 69.6 Å². The van der Waals surface area contributed by atoms with Crippen molar-refractivity contribution in [3.8, 4) is 0 Å². The van der Waals surface area contributed by atoms with E-state index >= 15 is 0 Å². The number of rotatable bonds is 7. The second-order valence-electron chi connectivity index (χ2n) is 5.66. The highest BCUT2D eigenvalue weighted by Gasteiger charge is 2.09. The van der Waals surface area contributed by atoms with Crippen molar-refractivity contribution >= 4 is 11.9 Å². The highest BCUT2D eigenvalue weighted by Crippen LogP contribution is 2.03. The smallest absolute Gasteiger partial charge is 0.224 e. The van der Waals surface area contributed by atoms with Gasteiger partial charge in [0, 0.05) is 39.8 Å². The summed E-state index contributed by atoms with van der Waals surface area (Å²) in [7, 11) is 3.53. The first kappa shape index (κ1) is 18.4. The Hall–Kier alpha value is -2.89. The maximum absolute atomic E-state index is 12.2. The average Bonchev–Trinajstić information content (AvgIpc) is 2.66. The van der Waals surface area contributed by atoms with Gasteiger partial charge in [0.25, 0.3) is 0 Å². The lowest BCUT2D eigenvalue weighted by molar-refractivity contribution is -0.130. The molecular formula is C19H25N5O. The molecule has 1 amide bonds. The van der Waals surface area contributed by atoms with Gasteiger partial charge >= 0.3 is 0 Å². The third kappa shape index (κ3) is 6.63. The molecular weight excluding hydrogens is 314 g/mol. The maximum atomic E-state index is 12.2.